The van der Waals surface area contributed by atoms with Crippen molar-refractivity contribution >= 4 is 11.6 Å². The monoisotopic (exact) mass is 260 g/mol. The largest absolute Gasteiger partial charge is 0.508 e. The number of hydrogen-bond acceptors (Lipinski definition) is 3. The van der Waals surface area contributed by atoms with Gasteiger partial charge in [0.15, 0.2) is 0 Å². The van der Waals surface area contributed by atoms with E-state index < -0.39 is 0 Å². The SMILES string of the molecule is C=C(C)C(=O)NCCCN=C(C)c1ccc(O)cc1. The molecule has 0 spiro atoms. The van der Waals surface area contributed by atoms with E-state index in [1.165, 1.54) is 0 Å². The summed E-state index contributed by atoms with van der Waals surface area (Å²) in [5.41, 5.74) is 2.43. The predicted octanol–water partition coefficient (Wildman–Crippen LogP) is 2.28. The fourth-order valence-electron chi connectivity index (χ4n) is 1.47. The Hall–Kier alpha value is -2.10. The zero-order valence-corrected chi connectivity index (χ0v) is 11.4. The molecular formula is C15H20N2O2. The molecule has 2 N–H and O–H groups in total. The lowest BCUT2D eigenvalue weighted by Crippen LogP contribution is -2.25. The molecule has 0 heterocycles. The molecule has 0 fully saturated rings. The average molecular weight is 260 g/mol. The summed E-state index contributed by atoms with van der Waals surface area (Å²) in [7, 11) is 0. The van der Waals surface area contributed by atoms with Gasteiger partial charge < -0.3 is 10.4 Å². The molecule has 0 radical (unpaired) electrons. The Kier molecular flexibility index (Phi) is 5.79. The lowest BCUT2D eigenvalue weighted by molar-refractivity contribution is -0.117. The molecule has 102 valence electrons. The predicted molar refractivity (Wildman–Crippen MR) is 77.6 cm³/mol. The zero-order chi connectivity index (χ0) is 14.3. The van der Waals surface area contributed by atoms with E-state index in [1.54, 1.807) is 19.1 Å². The second kappa shape index (κ2) is 7.36. The quantitative estimate of drug-likeness (QED) is 0.468. The molecule has 0 aliphatic rings. The summed E-state index contributed by atoms with van der Waals surface area (Å²) in [5.74, 6) is 0.137. The first kappa shape index (κ1) is 15.0. The summed E-state index contributed by atoms with van der Waals surface area (Å²) in [4.78, 5) is 15.7. The van der Waals surface area contributed by atoms with Crippen molar-refractivity contribution in [1.82, 2.24) is 5.32 Å². The number of amides is 1. The van der Waals surface area contributed by atoms with Gasteiger partial charge in [-0.1, -0.05) is 6.58 Å². The van der Waals surface area contributed by atoms with Crippen LogP contribution in [0.3, 0.4) is 0 Å². The number of hydrogen-bond donors (Lipinski definition) is 2. The fraction of sp³-hybridized carbons (Fsp3) is 0.333. The number of phenolic OH excluding ortho intramolecular Hbond substituents is 1. The van der Waals surface area contributed by atoms with E-state index in [0.717, 1.165) is 17.7 Å². The van der Waals surface area contributed by atoms with Crippen LogP contribution in [0.2, 0.25) is 0 Å². The molecule has 1 aromatic rings. The van der Waals surface area contributed by atoms with Crippen LogP contribution in [0, 0.1) is 0 Å². The Labute approximate surface area is 113 Å². The number of carbonyl (C=O) groups excluding carboxylic acids is 1. The number of aliphatic imine (C=N–C) groups is 1. The third-order valence-corrected chi connectivity index (χ3v) is 2.64. The number of aromatic hydroxyl groups is 1. The van der Waals surface area contributed by atoms with E-state index in [-0.39, 0.29) is 11.7 Å². The van der Waals surface area contributed by atoms with E-state index >= 15 is 0 Å². The van der Waals surface area contributed by atoms with Gasteiger partial charge in [-0.2, -0.15) is 0 Å². The van der Waals surface area contributed by atoms with Crippen LogP contribution in [-0.4, -0.2) is 29.8 Å². The van der Waals surface area contributed by atoms with E-state index in [9.17, 15) is 9.90 Å². The van der Waals surface area contributed by atoms with Crippen LogP contribution in [-0.2, 0) is 4.79 Å². The summed E-state index contributed by atoms with van der Waals surface area (Å²) >= 11 is 0. The van der Waals surface area contributed by atoms with Crippen molar-refractivity contribution in [2.24, 2.45) is 4.99 Å². The summed E-state index contributed by atoms with van der Waals surface area (Å²) in [6.45, 7) is 8.43. The summed E-state index contributed by atoms with van der Waals surface area (Å²) in [5, 5.41) is 12.0. The maximum Gasteiger partial charge on any atom is 0.246 e. The van der Waals surface area contributed by atoms with Gasteiger partial charge in [-0.05, 0) is 50.1 Å². The normalized spacial score (nSPS) is 11.2. The maximum absolute atomic E-state index is 11.2. The minimum absolute atomic E-state index is 0.112. The molecule has 0 bridgehead atoms. The molecule has 0 unspecified atom stereocenters. The van der Waals surface area contributed by atoms with E-state index in [2.05, 4.69) is 16.9 Å². The molecule has 19 heavy (non-hydrogen) atoms. The van der Waals surface area contributed by atoms with Gasteiger partial charge in [0, 0.05) is 24.4 Å². The lowest BCUT2D eigenvalue weighted by atomic mass is 10.1. The van der Waals surface area contributed by atoms with Crippen LogP contribution >= 0.6 is 0 Å². The highest BCUT2D eigenvalue weighted by molar-refractivity contribution is 5.98. The van der Waals surface area contributed by atoms with Gasteiger partial charge in [-0.15, -0.1) is 0 Å². The molecule has 1 amide bonds. The summed E-state index contributed by atoms with van der Waals surface area (Å²) in [6, 6.07) is 6.94. The highest BCUT2D eigenvalue weighted by Gasteiger charge is 2.00. The van der Waals surface area contributed by atoms with Crippen LogP contribution in [0.15, 0.2) is 41.4 Å². The van der Waals surface area contributed by atoms with E-state index in [1.807, 2.05) is 19.1 Å². The lowest BCUT2D eigenvalue weighted by Gasteiger charge is -2.04. The second-order valence-electron chi connectivity index (χ2n) is 4.40. The van der Waals surface area contributed by atoms with E-state index in [0.29, 0.717) is 18.7 Å². The minimum Gasteiger partial charge on any atom is -0.508 e. The van der Waals surface area contributed by atoms with Crippen LogP contribution < -0.4 is 5.32 Å². The summed E-state index contributed by atoms with van der Waals surface area (Å²) in [6.07, 6.45) is 0.786. The number of rotatable bonds is 6. The van der Waals surface area contributed by atoms with Crippen molar-refractivity contribution < 1.29 is 9.90 Å². The van der Waals surface area contributed by atoms with E-state index in [4.69, 9.17) is 0 Å². The first-order valence-electron chi connectivity index (χ1n) is 6.25. The fourth-order valence-corrected chi connectivity index (χ4v) is 1.47. The molecule has 0 saturated heterocycles. The first-order chi connectivity index (χ1) is 9.00. The molecule has 0 atom stereocenters. The second-order valence-corrected chi connectivity index (χ2v) is 4.40. The van der Waals surface area contributed by atoms with Crippen molar-refractivity contribution in [3.63, 3.8) is 0 Å². The average Bonchev–Trinajstić information content (AvgIpc) is 2.38. The number of nitrogens with zero attached hydrogens (tertiary/aromatic N) is 1. The van der Waals surface area contributed by atoms with Gasteiger partial charge in [0.05, 0.1) is 0 Å². The van der Waals surface area contributed by atoms with Gasteiger partial charge in [0.2, 0.25) is 5.91 Å². The Bertz CT molecular complexity index is 475. The van der Waals surface area contributed by atoms with Crippen molar-refractivity contribution in [3.05, 3.63) is 42.0 Å². The number of phenols is 1. The van der Waals surface area contributed by atoms with Crippen molar-refractivity contribution in [2.45, 2.75) is 20.3 Å². The van der Waals surface area contributed by atoms with Crippen LogP contribution in [0.5, 0.6) is 5.75 Å². The van der Waals surface area contributed by atoms with Gasteiger partial charge >= 0.3 is 0 Å². The topological polar surface area (TPSA) is 61.7 Å². The standard InChI is InChI=1S/C15H20N2O2/c1-11(2)15(19)17-10-4-9-16-12(3)13-5-7-14(18)8-6-13/h5-8,18H,1,4,9-10H2,2-3H3,(H,17,19). The Morgan fingerprint density at radius 3 is 2.53 bits per heavy atom. The Morgan fingerprint density at radius 1 is 1.32 bits per heavy atom. The molecule has 4 heteroatoms. The van der Waals surface area contributed by atoms with Crippen molar-refractivity contribution in [3.8, 4) is 5.75 Å². The maximum atomic E-state index is 11.2. The molecule has 1 rings (SSSR count). The Balaban J connectivity index is 2.34. The highest BCUT2D eigenvalue weighted by Crippen LogP contribution is 2.10. The van der Waals surface area contributed by atoms with Crippen LogP contribution in [0.4, 0.5) is 0 Å². The van der Waals surface area contributed by atoms with Crippen molar-refractivity contribution in [2.75, 3.05) is 13.1 Å². The van der Waals surface area contributed by atoms with Gasteiger partial charge in [-0.25, -0.2) is 0 Å². The molecule has 0 aromatic heterocycles. The molecule has 0 aliphatic carbocycles. The molecule has 4 nitrogen and oxygen atoms in total. The molecule has 0 aliphatic heterocycles. The van der Waals surface area contributed by atoms with Gasteiger partial charge in [-0.3, -0.25) is 9.79 Å². The van der Waals surface area contributed by atoms with Gasteiger partial charge in [0.1, 0.15) is 5.75 Å². The number of nitrogens with one attached hydrogen (secondary N) is 1. The third kappa shape index (κ3) is 5.38. The molecular weight excluding hydrogens is 240 g/mol. The van der Waals surface area contributed by atoms with Crippen LogP contribution in [0.25, 0.3) is 0 Å². The molecule has 0 saturated carbocycles. The highest BCUT2D eigenvalue weighted by atomic mass is 16.3. The number of carbonyl (C=O) groups is 1. The number of benzene rings is 1. The molecule has 1 aromatic carbocycles. The minimum atomic E-state index is -0.112. The summed E-state index contributed by atoms with van der Waals surface area (Å²) < 4.78 is 0. The Morgan fingerprint density at radius 2 is 1.95 bits per heavy atom. The zero-order valence-electron chi connectivity index (χ0n) is 11.4. The van der Waals surface area contributed by atoms with Crippen LogP contribution in [0.1, 0.15) is 25.8 Å². The van der Waals surface area contributed by atoms with Crippen molar-refractivity contribution in [1.29, 1.82) is 0 Å². The first-order valence-corrected chi connectivity index (χ1v) is 6.25. The smallest absolute Gasteiger partial charge is 0.246 e. The third-order valence-electron chi connectivity index (χ3n) is 2.64. The van der Waals surface area contributed by atoms with Gasteiger partial charge in [0.25, 0.3) is 0 Å².